The van der Waals surface area contributed by atoms with Crippen LogP contribution < -0.4 is 0 Å². The Balaban J connectivity index is 1.57. The van der Waals surface area contributed by atoms with Gasteiger partial charge in [0, 0.05) is 0 Å². The first-order valence-electron chi connectivity index (χ1n) is 10.3. The Kier molecular flexibility index (Phi) is 8.19. The standard InChI is InChI=1S/C21H40/c1-3-5-6-8-19-11-15-21(16-12-19)17-20-13-9-18(7-4-2)10-14-20/h18-21H,3-17H2,1-2H3. The van der Waals surface area contributed by atoms with Crippen LogP contribution in [-0.4, -0.2) is 0 Å². The van der Waals surface area contributed by atoms with E-state index >= 15 is 0 Å². The highest BCUT2D eigenvalue weighted by molar-refractivity contribution is 4.78. The molecule has 0 amide bonds. The largest absolute Gasteiger partial charge is 0.0654 e. The summed E-state index contributed by atoms with van der Waals surface area (Å²) in [4.78, 5) is 0. The summed E-state index contributed by atoms with van der Waals surface area (Å²) in [5.74, 6) is 4.37. The molecule has 124 valence electrons. The first-order chi connectivity index (χ1) is 10.3. The Morgan fingerprint density at radius 2 is 1.00 bits per heavy atom. The third kappa shape index (κ3) is 6.33. The summed E-state index contributed by atoms with van der Waals surface area (Å²) in [6.07, 6.45) is 22.8. The van der Waals surface area contributed by atoms with Gasteiger partial charge in [-0.05, 0) is 30.1 Å². The molecule has 0 N–H and O–H groups in total. The fourth-order valence-corrected chi connectivity index (χ4v) is 5.07. The minimum Gasteiger partial charge on any atom is -0.0654 e. The first-order valence-corrected chi connectivity index (χ1v) is 10.3. The minimum atomic E-state index is 1.08. The topological polar surface area (TPSA) is 0 Å². The van der Waals surface area contributed by atoms with Crippen LogP contribution in [-0.2, 0) is 0 Å². The smallest absolute Gasteiger partial charge is 0.0411 e. The van der Waals surface area contributed by atoms with Crippen LogP contribution in [0.1, 0.15) is 110 Å². The second kappa shape index (κ2) is 9.90. The highest BCUT2D eigenvalue weighted by Crippen LogP contribution is 2.40. The molecular weight excluding hydrogens is 252 g/mol. The molecular formula is C21H40. The van der Waals surface area contributed by atoms with Crippen LogP contribution in [0.15, 0.2) is 0 Å². The number of rotatable bonds is 8. The van der Waals surface area contributed by atoms with E-state index in [0.29, 0.717) is 0 Å². The van der Waals surface area contributed by atoms with E-state index in [1.807, 2.05) is 0 Å². The van der Waals surface area contributed by atoms with Crippen molar-refractivity contribution >= 4 is 0 Å². The lowest BCUT2D eigenvalue weighted by Crippen LogP contribution is -2.21. The average molecular weight is 293 g/mol. The van der Waals surface area contributed by atoms with Crippen LogP contribution in [0.25, 0.3) is 0 Å². The summed E-state index contributed by atoms with van der Waals surface area (Å²) in [5, 5.41) is 0. The molecule has 0 aromatic carbocycles. The second-order valence-electron chi connectivity index (χ2n) is 8.29. The van der Waals surface area contributed by atoms with Crippen LogP contribution in [0.3, 0.4) is 0 Å². The lowest BCUT2D eigenvalue weighted by molar-refractivity contribution is 0.183. The van der Waals surface area contributed by atoms with E-state index in [4.69, 9.17) is 0 Å². The van der Waals surface area contributed by atoms with Gasteiger partial charge in [-0.2, -0.15) is 0 Å². The molecule has 2 aliphatic rings. The van der Waals surface area contributed by atoms with Crippen molar-refractivity contribution in [2.75, 3.05) is 0 Å². The molecule has 2 aliphatic carbocycles. The maximum absolute atomic E-state index is 2.35. The van der Waals surface area contributed by atoms with Crippen molar-refractivity contribution in [2.45, 2.75) is 110 Å². The van der Waals surface area contributed by atoms with Gasteiger partial charge in [-0.15, -0.1) is 0 Å². The van der Waals surface area contributed by atoms with E-state index in [1.165, 1.54) is 38.5 Å². The maximum Gasteiger partial charge on any atom is -0.0411 e. The van der Waals surface area contributed by atoms with Gasteiger partial charge in [-0.3, -0.25) is 0 Å². The van der Waals surface area contributed by atoms with Crippen molar-refractivity contribution in [3.05, 3.63) is 0 Å². The summed E-state index contributed by atoms with van der Waals surface area (Å²) in [6.45, 7) is 4.68. The monoisotopic (exact) mass is 292 g/mol. The Labute approximate surface area is 134 Å². The summed E-state index contributed by atoms with van der Waals surface area (Å²) < 4.78 is 0. The fourth-order valence-electron chi connectivity index (χ4n) is 5.07. The number of hydrogen-bond acceptors (Lipinski definition) is 0. The fraction of sp³-hybridized carbons (Fsp3) is 1.00. The van der Waals surface area contributed by atoms with Crippen molar-refractivity contribution in [3.8, 4) is 0 Å². The molecule has 0 aromatic heterocycles. The molecule has 0 heterocycles. The Bertz CT molecular complexity index is 241. The van der Waals surface area contributed by atoms with Crippen LogP contribution >= 0.6 is 0 Å². The summed E-state index contributed by atoms with van der Waals surface area (Å²) in [5.41, 5.74) is 0. The van der Waals surface area contributed by atoms with Gasteiger partial charge in [-0.1, -0.05) is 104 Å². The molecule has 2 saturated carbocycles. The van der Waals surface area contributed by atoms with Crippen molar-refractivity contribution in [3.63, 3.8) is 0 Å². The Morgan fingerprint density at radius 1 is 0.524 bits per heavy atom. The van der Waals surface area contributed by atoms with E-state index in [2.05, 4.69) is 13.8 Å². The zero-order valence-electron chi connectivity index (χ0n) is 14.9. The van der Waals surface area contributed by atoms with Crippen LogP contribution in [0.5, 0.6) is 0 Å². The molecule has 0 bridgehead atoms. The third-order valence-corrected chi connectivity index (χ3v) is 6.51. The van der Waals surface area contributed by atoms with Gasteiger partial charge in [-0.25, -0.2) is 0 Å². The van der Waals surface area contributed by atoms with Crippen LogP contribution in [0, 0.1) is 23.7 Å². The van der Waals surface area contributed by atoms with Crippen LogP contribution in [0.4, 0.5) is 0 Å². The molecule has 0 atom stereocenters. The average Bonchev–Trinajstić information content (AvgIpc) is 2.51. The van der Waals surface area contributed by atoms with Crippen molar-refractivity contribution in [1.82, 2.24) is 0 Å². The van der Waals surface area contributed by atoms with Crippen LogP contribution in [0.2, 0.25) is 0 Å². The molecule has 0 aliphatic heterocycles. The lowest BCUT2D eigenvalue weighted by Gasteiger charge is -2.34. The van der Waals surface area contributed by atoms with Crippen molar-refractivity contribution in [1.29, 1.82) is 0 Å². The molecule has 2 fully saturated rings. The quantitative estimate of drug-likeness (QED) is 0.410. The number of unbranched alkanes of at least 4 members (excludes halogenated alkanes) is 2. The molecule has 0 spiro atoms. The van der Waals surface area contributed by atoms with Gasteiger partial charge in [0.1, 0.15) is 0 Å². The molecule has 0 aromatic rings. The minimum absolute atomic E-state index is 1.08. The molecule has 0 radical (unpaired) electrons. The number of hydrogen-bond donors (Lipinski definition) is 0. The molecule has 21 heavy (non-hydrogen) atoms. The molecule has 2 rings (SSSR count). The predicted molar refractivity (Wildman–Crippen MR) is 94.6 cm³/mol. The Hall–Kier alpha value is 0. The van der Waals surface area contributed by atoms with E-state index < -0.39 is 0 Å². The third-order valence-electron chi connectivity index (χ3n) is 6.51. The Morgan fingerprint density at radius 3 is 1.48 bits per heavy atom. The second-order valence-corrected chi connectivity index (χ2v) is 8.29. The normalized spacial score (nSPS) is 34.0. The summed E-state index contributed by atoms with van der Waals surface area (Å²) in [6, 6.07) is 0. The summed E-state index contributed by atoms with van der Waals surface area (Å²) >= 11 is 0. The van der Waals surface area contributed by atoms with E-state index in [-0.39, 0.29) is 0 Å². The van der Waals surface area contributed by atoms with Gasteiger partial charge in [0.25, 0.3) is 0 Å². The predicted octanol–water partition coefficient (Wildman–Crippen LogP) is 7.37. The van der Waals surface area contributed by atoms with Gasteiger partial charge < -0.3 is 0 Å². The summed E-state index contributed by atoms with van der Waals surface area (Å²) in [7, 11) is 0. The molecule has 0 nitrogen and oxygen atoms in total. The zero-order chi connectivity index (χ0) is 14.9. The first kappa shape index (κ1) is 17.4. The van der Waals surface area contributed by atoms with Gasteiger partial charge >= 0.3 is 0 Å². The molecule has 0 heteroatoms. The molecule has 0 unspecified atom stereocenters. The van der Waals surface area contributed by atoms with Gasteiger partial charge in [0.05, 0.1) is 0 Å². The van der Waals surface area contributed by atoms with E-state index in [1.54, 1.807) is 57.8 Å². The van der Waals surface area contributed by atoms with E-state index in [9.17, 15) is 0 Å². The maximum atomic E-state index is 2.35. The lowest BCUT2D eigenvalue weighted by atomic mass is 9.72. The molecule has 0 saturated heterocycles. The SMILES string of the molecule is CCCCCC1CCC(CC2CCC(CCC)CC2)CC1. The van der Waals surface area contributed by atoms with Crippen molar-refractivity contribution < 1.29 is 0 Å². The highest BCUT2D eigenvalue weighted by Gasteiger charge is 2.26. The zero-order valence-corrected chi connectivity index (χ0v) is 14.9. The van der Waals surface area contributed by atoms with Crippen molar-refractivity contribution in [2.24, 2.45) is 23.7 Å². The van der Waals surface area contributed by atoms with Gasteiger partial charge in [0.2, 0.25) is 0 Å². The highest BCUT2D eigenvalue weighted by atomic mass is 14.3. The van der Waals surface area contributed by atoms with Gasteiger partial charge in [0.15, 0.2) is 0 Å². The van der Waals surface area contributed by atoms with E-state index in [0.717, 1.165) is 23.7 Å².